The van der Waals surface area contributed by atoms with E-state index in [0.717, 1.165) is 54.1 Å². The first-order chi connectivity index (χ1) is 13.0. The van der Waals surface area contributed by atoms with Crippen LogP contribution in [-0.4, -0.2) is 55.7 Å². The first-order valence-electron chi connectivity index (χ1n) is 9.68. The zero-order valence-corrected chi connectivity index (χ0v) is 17.1. The second-order valence-corrected chi connectivity index (χ2v) is 7.34. The summed E-state index contributed by atoms with van der Waals surface area (Å²) < 4.78 is 11.1. The van der Waals surface area contributed by atoms with Gasteiger partial charge in [0.2, 0.25) is 0 Å². The minimum Gasteiger partial charge on any atom is -0.497 e. The summed E-state index contributed by atoms with van der Waals surface area (Å²) >= 11 is 0. The van der Waals surface area contributed by atoms with Crippen molar-refractivity contribution in [1.82, 2.24) is 15.1 Å². The lowest BCUT2D eigenvalue weighted by atomic mass is 9.89. The van der Waals surface area contributed by atoms with Crippen LogP contribution in [-0.2, 0) is 13.0 Å². The Hall–Kier alpha value is -2.21. The van der Waals surface area contributed by atoms with Crippen LogP contribution in [0.3, 0.4) is 0 Å². The fraction of sp³-hybridized carbons (Fsp3) is 0.571. The summed E-state index contributed by atoms with van der Waals surface area (Å²) in [6.45, 7) is 6.34. The van der Waals surface area contributed by atoms with E-state index in [-0.39, 0.29) is 11.6 Å². The summed E-state index contributed by atoms with van der Waals surface area (Å²) in [5, 5.41) is 3.23. The van der Waals surface area contributed by atoms with Crippen molar-refractivity contribution in [3.8, 4) is 11.5 Å². The van der Waals surface area contributed by atoms with Gasteiger partial charge in [-0.1, -0.05) is 6.08 Å². The number of hydrogen-bond donors (Lipinski definition) is 1. The van der Waals surface area contributed by atoms with Crippen molar-refractivity contribution in [2.24, 2.45) is 0 Å². The second-order valence-electron chi connectivity index (χ2n) is 7.34. The molecule has 2 aliphatic rings. The summed E-state index contributed by atoms with van der Waals surface area (Å²) in [5.74, 6) is 1.59. The van der Waals surface area contributed by atoms with Crippen LogP contribution in [0.4, 0.5) is 4.79 Å². The van der Waals surface area contributed by atoms with Gasteiger partial charge < -0.3 is 19.7 Å². The van der Waals surface area contributed by atoms with E-state index >= 15 is 0 Å². The minimum atomic E-state index is -0.282. The number of urea groups is 1. The van der Waals surface area contributed by atoms with Gasteiger partial charge in [0.25, 0.3) is 0 Å². The van der Waals surface area contributed by atoms with Crippen molar-refractivity contribution in [2.75, 3.05) is 34.4 Å². The molecular weight excluding hydrogens is 342 g/mol. The van der Waals surface area contributed by atoms with E-state index in [4.69, 9.17) is 9.47 Å². The highest BCUT2D eigenvalue weighted by Crippen LogP contribution is 2.42. The Labute approximate surface area is 162 Å². The van der Waals surface area contributed by atoms with Gasteiger partial charge >= 0.3 is 6.03 Å². The summed E-state index contributed by atoms with van der Waals surface area (Å²) in [6, 6.07) is 4.04. The van der Waals surface area contributed by atoms with Gasteiger partial charge in [-0.25, -0.2) is 4.79 Å². The van der Waals surface area contributed by atoms with E-state index in [1.165, 1.54) is 0 Å². The Morgan fingerprint density at radius 3 is 2.67 bits per heavy atom. The van der Waals surface area contributed by atoms with Gasteiger partial charge in [0.1, 0.15) is 11.5 Å². The molecule has 0 aromatic heterocycles. The number of benzene rings is 1. The number of carbonyl (C=O) groups is 1. The predicted octanol–water partition coefficient (Wildman–Crippen LogP) is 3.16. The maximum atomic E-state index is 13.3. The molecule has 1 unspecified atom stereocenters. The molecule has 27 heavy (non-hydrogen) atoms. The van der Waals surface area contributed by atoms with E-state index in [1.54, 1.807) is 14.2 Å². The Morgan fingerprint density at radius 2 is 2.04 bits per heavy atom. The van der Waals surface area contributed by atoms with Gasteiger partial charge in [-0.2, -0.15) is 0 Å². The molecule has 1 aromatic rings. The molecule has 1 saturated heterocycles. The number of fused-ring (bicyclic) bond motifs is 2. The number of rotatable bonds is 6. The number of allylic oxidation sites excluding steroid dienone is 1. The topological polar surface area (TPSA) is 54.0 Å². The van der Waals surface area contributed by atoms with E-state index < -0.39 is 0 Å². The summed E-state index contributed by atoms with van der Waals surface area (Å²) in [6.07, 6.45) is 4.90. The predicted molar refractivity (Wildman–Crippen MR) is 106 cm³/mol. The van der Waals surface area contributed by atoms with Gasteiger partial charge in [-0.15, -0.1) is 0 Å². The number of nitrogens with one attached hydrogen (secondary N) is 1. The van der Waals surface area contributed by atoms with Crippen LogP contribution >= 0.6 is 0 Å². The first-order valence-corrected chi connectivity index (χ1v) is 9.68. The van der Waals surface area contributed by atoms with E-state index in [1.807, 2.05) is 29.0 Å². The van der Waals surface area contributed by atoms with Crippen molar-refractivity contribution in [3.63, 3.8) is 0 Å². The number of hydrogen-bond acceptors (Lipinski definition) is 4. The SMILES string of the molecule is CCN1C(=O)N2Cc3cc(OC)cc(OC)c3CC/C=C\2C1(C)CCNC. The number of nitrogens with zero attached hydrogens (tertiary/aromatic N) is 2. The smallest absolute Gasteiger partial charge is 0.325 e. The fourth-order valence-electron chi connectivity index (χ4n) is 4.41. The normalized spacial score (nSPS) is 23.9. The molecule has 3 rings (SSSR count). The number of ether oxygens (including phenoxy) is 2. The lowest BCUT2D eigenvalue weighted by Crippen LogP contribution is -2.45. The Bertz CT molecular complexity index is 746. The highest BCUT2D eigenvalue weighted by Gasteiger charge is 2.49. The largest absolute Gasteiger partial charge is 0.497 e. The molecule has 1 atom stereocenters. The molecule has 6 nitrogen and oxygen atoms in total. The van der Waals surface area contributed by atoms with Crippen molar-refractivity contribution in [1.29, 1.82) is 0 Å². The van der Waals surface area contributed by atoms with Crippen LogP contribution < -0.4 is 14.8 Å². The van der Waals surface area contributed by atoms with Crippen LogP contribution in [0.1, 0.15) is 37.8 Å². The zero-order valence-electron chi connectivity index (χ0n) is 17.1. The molecule has 148 valence electrons. The lowest BCUT2D eigenvalue weighted by Gasteiger charge is -2.34. The lowest BCUT2D eigenvalue weighted by molar-refractivity contribution is 0.166. The maximum Gasteiger partial charge on any atom is 0.325 e. The van der Waals surface area contributed by atoms with Crippen molar-refractivity contribution >= 4 is 6.03 Å². The quantitative estimate of drug-likeness (QED) is 0.832. The molecular formula is C21H31N3O3. The number of carbonyl (C=O) groups excluding carboxylic acids is 1. The van der Waals surface area contributed by atoms with E-state index in [0.29, 0.717) is 13.1 Å². The van der Waals surface area contributed by atoms with Crippen LogP contribution in [0.25, 0.3) is 0 Å². The van der Waals surface area contributed by atoms with Crippen LogP contribution in [0.15, 0.2) is 23.9 Å². The Kier molecular flexibility index (Phi) is 5.65. The molecule has 0 aliphatic carbocycles. The molecule has 2 amide bonds. The molecule has 0 saturated carbocycles. The molecule has 1 N–H and O–H groups in total. The van der Waals surface area contributed by atoms with Crippen LogP contribution in [0.5, 0.6) is 11.5 Å². The van der Waals surface area contributed by atoms with Crippen LogP contribution in [0.2, 0.25) is 0 Å². The molecule has 1 fully saturated rings. The molecule has 0 radical (unpaired) electrons. The first kappa shape index (κ1) is 19.5. The third-order valence-corrected chi connectivity index (χ3v) is 5.87. The van der Waals surface area contributed by atoms with Crippen molar-refractivity contribution in [2.45, 2.75) is 45.2 Å². The third-order valence-electron chi connectivity index (χ3n) is 5.87. The molecule has 2 aliphatic heterocycles. The molecule has 0 spiro atoms. The Morgan fingerprint density at radius 1 is 1.26 bits per heavy atom. The van der Waals surface area contributed by atoms with Crippen molar-refractivity contribution < 1.29 is 14.3 Å². The van der Waals surface area contributed by atoms with Gasteiger partial charge in [0.05, 0.1) is 26.3 Å². The number of methoxy groups -OCH3 is 2. The average Bonchev–Trinajstić information content (AvgIpc) is 2.84. The number of likely N-dealkylation sites (N-methyl/N-ethyl adjacent to an activating group) is 1. The van der Waals surface area contributed by atoms with Crippen LogP contribution in [0, 0.1) is 0 Å². The summed E-state index contributed by atoms with van der Waals surface area (Å²) in [5.41, 5.74) is 3.10. The molecule has 6 heteroatoms. The van der Waals surface area contributed by atoms with Gasteiger partial charge in [-0.3, -0.25) is 4.90 Å². The third kappa shape index (κ3) is 3.27. The van der Waals surface area contributed by atoms with E-state index in [2.05, 4.69) is 25.2 Å². The Balaban J connectivity index is 2.05. The average molecular weight is 373 g/mol. The van der Waals surface area contributed by atoms with Gasteiger partial charge in [-0.05, 0) is 63.9 Å². The zero-order chi connectivity index (χ0) is 19.6. The number of amides is 2. The van der Waals surface area contributed by atoms with E-state index in [9.17, 15) is 4.79 Å². The monoisotopic (exact) mass is 373 g/mol. The highest BCUT2D eigenvalue weighted by molar-refractivity contribution is 5.82. The highest BCUT2D eigenvalue weighted by atomic mass is 16.5. The molecule has 0 bridgehead atoms. The van der Waals surface area contributed by atoms with Crippen molar-refractivity contribution in [3.05, 3.63) is 35.0 Å². The van der Waals surface area contributed by atoms with Gasteiger partial charge in [0.15, 0.2) is 0 Å². The molecule has 1 aromatic carbocycles. The maximum absolute atomic E-state index is 13.3. The fourth-order valence-corrected chi connectivity index (χ4v) is 4.41. The standard InChI is InChI=1S/C21H31N3O3/c1-6-24-20(25)23-14-15-12-16(26-4)13-18(27-5)17(15)8-7-9-19(23)21(24,2)10-11-22-3/h9,12-13,22H,6-8,10-11,14H2,1-5H3/b19-9-. The second kappa shape index (κ2) is 7.80. The van der Waals surface area contributed by atoms with Gasteiger partial charge in [0, 0.05) is 18.3 Å². The summed E-state index contributed by atoms with van der Waals surface area (Å²) in [4.78, 5) is 17.2. The molecule has 2 heterocycles. The summed E-state index contributed by atoms with van der Waals surface area (Å²) in [7, 11) is 5.29. The minimum absolute atomic E-state index is 0.0805.